The summed E-state index contributed by atoms with van der Waals surface area (Å²) in [5.74, 6) is -0.283. The van der Waals surface area contributed by atoms with E-state index in [-0.39, 0.29) is 23.6 Å². The smallest absolute Gasteiger partial charge is 0.322 e. The van der Waals surface area contributed by atoms with Crippen LogP contribution < -0.4 is 5.32 Å². The van der Waals surface area contributed by atoms with Gasteiger partial charge >= 0.3 is 5.97 Å². The van der Waals surface area contributed by atoms with Gasteiger partial charge in [0.1, 0.15) is 6.04 Å². The lowest BCUT2D eigenvalue weighted by Crippen LogP contribution is -2.33. The fraction of sp³-hybridized carbons (Fsp3) is 0.250. The molecule has 0 spiro atoms. The first-order valence-electron chi connectivity index (χ1n) is 8.40. The van der Waals surface area contributed by atoms with Crippen LogP contribution in [0.1, 0.15) is 23.6 Å². The molecule has 0 bridgehead atoms. The third kappa shape index (κ3) is 3.81. The van der Waals surface area contributed by atoms with Crippen LogP contribution in [-0.2, 0) is 9.53 Å². The van der Waals surface area contributed by atoms with E-state index in [1.807, 2.05) is 36.4 Å². The Morgan fingerprint density at radius 2 is 1.88 bits per heavy atom. The second kappa shape index (κ2) is 7.93. The van der Waals surface area contributed by atoms with E-state index < -0.39 is 11.0 Å². The molecule has 0 aliphatic carbocycles. The van der Waals surface area contributed by atoms with Gasteiger partial charge in [0.05, 0.1) is 17.6 Å². The summed E-state index contributed by atoms with van der Waals surface area (Å²) in [4.78, 5) is 22.7. The molecule has 6 nitrogen and oxygen atoms in total. The molecule has 0 aromatic heterocycles. The lowest BCUT2D eigenvalue weighted by Gasteiger charge is -2.17. The number of nitrogens with one attached hydrogen (secondary N) is 1. The number of carbonyl (C=O) groups excluding carboxylic acids is 1. The summed E-state index contributed by atoms with van der Waals surface area (Å²) in [5, 5.41) is 14.5. The maximum Gasteiger partial charge on any atom is 0.322 e. The van der Waals surface area contributed by atoms with Crippen LogP contribution in [0.3, 0.4) is 0 Å². The molecule has 3 rings (SSSR count). The molecule has 1 saturated heterocycles. The van der Waals surface area contributed by atoms with Crippen molar-refractivity contribution in [2.24, 2.45) is 5.92 Å². The quantitative estimate of drug-likeness (QED) is 0.506. The van der Waals surface area contributed by atoms with E-state index in [1.54, 1.807) is 24.3 Å². The number of carbonyl (C=O) groups is 1. The van der Waals surface area contributed by atoms with Crippen LogP contribution in [0.25, 0.3) is 6.08 Å². The van der Waals surface area contributed by atoms with E-state index >= 15 is 0 Å². The van der Waals surface area contributed by atoms with Gasteiger partial charge in [0.2, 0.25) is 0 Å². The highest BCUT2D eigenvalue weighted by molar-refractivity contribution is 5.76. The van der Waals surface area contributed by atoms with Gasteiger partial charge in [0.25, 0.3) is 5.69 Å². The molecule has 0 unspecified atom stereocenters. The van der Waals surface area contributed by atoms with Gasteiger partial charge in [-0.2, -0.15) is 0 Å². The maximum atomic E-state index is 12.0. The van der Waals surface area contributed by atoms with Gasteiger partial charge < -0.3 is 4.74 Å². The number of nitro groups is 1. The van der Waals surface area contributed by atoms with E-state index in [2.05, 4.69) is 5.32 Å². The van der Waals surface area contributed by atoms with Crippen molar-refractivity contribution in [3.8, 4) is 0 Å². The first kappa shape index (κ1) is 17.8. The molecule has 0 saturated carbocycles. The zero-order valence-electron chi connectivity index (χ0n) is 14.4. The van der Waals surface area contributed by atoms with Crippen molar-refractivity contribution >= 4 is 17.7 Å². The summed E-state index contributed by atoms with van der Waals surface area (Å²) in [7, 11) is 1.37. The fourth-order valence-electron chi connectivity index (χ4n) is 3.34. The largest absolute Gasteiger partial charge is 0.468 e. The Morgan fingerprint density at radius 3 is 2.58 bits per heavy atom. The molecule has 1 aliphatic heterocycles. The molecule has 1 heterocycles. The Labute approximate surface area is 151 Å². The molecule has 1 N–H and O–H groups in total. The minimum Gasteiger partial charge on any atom is -0.468 e. The average molecular weight is 352 g/mol. The van der Waals surface area contributed by atoms with Crippen LogP contribution in [0.15, 0.2) is 60.7 Å². The highest BCUT2D eigenvalue weighted by Gasteiger charge is 2.37. The van der Waals surface area contributed by atoms with Gasteiger partial charge in [0, 0.05) is 12.1 Å². The summed E-state index contributed by atoms with van der Waals surface area (Å²) in [6.45, 7) is 0. The number of nitrogens with zero attached hydrogens (tertiary/aromatic N) is 1. The summed E-state index contributed by atoms with van der Waals surface area (Å²) >= 11 is 0. The molecule has 0 radical (unpaired) electrons. The van der Waals surface area contributed by atoms with Crippen LogP contribution in [0.4, 0.5) is 5.69 Å². The van der Waals surface area contributed by atoms with Gasteiger partial charge in [0.15, 0.2) is 0 Å². The Kier molecular flexibility index (Phi) is 5.43. The standard InChI is InChI=1S/C20H20N2O4/c1-26-20(23)17-13-16(19(21-17)15-8-3-2-4-9-15)12-11-14-7-5-6-10-18(14)22(24)25/h2-12,16-17,19,21H,13H2,1H3/b12-11+/t16-,17+,19+/m0/s1. The SMILES string of the molecule is COC(=O)[C@H]1C[C@H](/C=C/c2ccccc2[N+](=O)[O-])[C@@H](c2ccccc2)N1. The summed E-state index contributed by atoms with van der Waals surface area (Å²) in [6, 6.07) is 16.0. The highest BCUT2D eigenvalue weighted by Crippen LogP contribution is 2.35. The predicted octanol–water partition coefficient (Wildman–Crippen LogP) is 3.50. The number of hydrogen-bond acceptors (Lipinski definition) is 5. The molecule has 1 aliphatic rings. The minimum atomic E-state index is -0.398. The zero-order valence-corrected chi connectivity index (χ0v) is 14.4. The van der Waals surface area contributed by atoms with E-state index in [0.717, 1.165) is 5.56 Å². The van der Waals surface area contributed by atoms with Crippen molar-refractivity contribution < 1.29 is 14.5 Å². The van der Waals surface area contributed by atoms with E-state index in [1.165, 1.54) is 13.2 Å². The molecule has 3 atom stereocenters. The first-order chi connectivity index (χ1) is 12.6. The average Bonchev–Trinajstić information content (AvgIpc) is 3.11. The lowest BCUT2D eigenvalue weighted by molar-refractivity contribution is -0.385. The summed E-state index contributed by atoms with van der Waals surface area (Å²) in [5.41, 5.74) is 1.68. The van der Waals surface area contributed by atoms with Gasteiger partial charge in [-0.05, 0) is 24.0 Å². The van der Waals surface area contributed by atoms with E-state index in [0.29, 0.717) is 12.0 Å². The third-order valence-corrected chi connectivity index (χ3v) is 4.62. The second-order valence-corrected chi connectivity index (χ2v) is 6.21. The van der Waals surface area contributed by atoms with Gasteiger partial charge in [-0.1, -0.05) is 54.6 Å². The number of para-hydroxylation sites is 1. The number of nitro benzene ring substituents is 1. The van der Waals surface area contributed by atoms with Crippen molar-refractivity contribution in [1.82, 2.24) is 5.32 Å². The Balaban J connectivity index is 1.88. The van der Waals surface area contributed by atoms with Crippen LogP contribution in [0.5, 0.6) is 0 Å². The highest BCUT2D eigenvalue weighted by atomic mass is 16.6. The first-order valence-corrected chi connectivity index (χ1v) is 8.40. The summed E-state index contributed by atoms with van der Waals surface area (Å²) < 4.78 is 4.87. The van der Waals surface area contributed by atoms with Gasteiger partial charge in [-0.3, -0.25) is 20.2 Å². The molecule has 26 heavy (non-hydrogen) atoms. The number of rotatable bonds is 5. The van der Waals surface area contributed by atoms with Crippen molar-refractivity contribution in [1.29, 1.82) is 0 Å². The number of ether oxygens (including phenoxy) is 1. The lowest BCUT2D eigenvalue weighted by atomic mass is 9.92. The van der Waals surface area contributed by atoms with E-state index in [9.17, 15) is 14.9 Å². The van der Waals surface area contributed by atoms with Crippen molar-refractivity contribution in [2.45, 2.75) is 18.5 Å². The van der Waals surface area contributed by atoms with Crippen molar-refractivity contribution in [3.05, 3.63) is 81.9 Å². The molecule has 2 aromatic carbocycles. The molecule has 1 fully saturated rings. The van der Waals surface area contributed by atoms with Crippen LogP contribution in [0.2, 0.25) is 0 Å². The molecule has 0 amide bonds. The molecule has 134 valence electrons. The van der Waals surface area contributed by atoms with Crippen LogP contribution >= 0.6 is 0 Å². The van der Waals surface area contributed by atoms with Gasteiger partial charge in [-0.15, -0.1) is 0 Å². The Morgan fingerprint density at radius 1 is 1.19 bits per heavy atom. The van der Waals surface area contributed by atoms with Crippen molar-refractivity contribution in [2.75, 3.05) is 7.11 Å². The molecule has 6 heteroatoms. The number of methoxy groups -OCH3 is 1. The summed E-state index contributed by atoms with van der Waals surface area (Å²) in [6.07, 6.45) is 4.28. The monoisotopic (exact) mass is 352 g/mol. The molecular weight excluding hydrogens is 332 g/mol. The number of benzene rings is 2. The van der Waals surface area contributed by atoms with E-state index in [4.69, 9.17) is 4.74 Å². The second-order valence-electron chi connectivity index (χ2n) is 6.21. The Bertz CT molecular complexity index is 820. The third-order valence-electron chi connectivity index (χ3n) is 4.62. The molecule has 2 aromatic rings. The predicted molar refractivity (Wildman–Crippen MR) is 98.4 cm³/mol. The van der Waals surface area contributed by atoms with Gasteiger partial charge in [-0.25, -0.2) is 0 Å². The zero-order chi connectivity index (χ0) is 18.5. The number of esters is 1. The van der Waals surface area contributed by atoms with Crippen LogP contribution in [0, 0.1) is 16.0 Å². The Hall–Kier alpha value is -2.99. The van der Waals surface area contributed by atoms with Crippen molar-refractivity contribution in [3.63, 3.8) is 0 Å². The normalized spacial score (nSPS) is 22.4. The molecular formula is C20H20N2O4. The topological polar surface area (TPSA) is 81.5 Å². The van der Waals surface area contributed by atoms with Crippen LogP contribution in [-0.4, -0.2) is 24.0 Å². The maximum absolute atomic E-state index is 12.0. The minimum absolute atomic E-state index is 0.0151. The fourth-order valence-corrected chi connectivity index (χ4v) is 3.34. The number of hydrogen-bond donors (Lipinski definition) is 1.